The molecule has 5 nitrogen and oxygen atoms in total. The molecule has 2 aromatic carbocycles. The third-order valence-electron chi connectivity index (χ3n) is 2.72. The van der Waals surface area contributed by atoms with Gasteiger partial charge in [0.1, 0.15) is 5.75 Å². The zero-order valence-corrected chi connectivity index (χ0v) is 13.5. The lowest BCUT2D eigenvalue weighted by atomic mass is 10.1. The zero-order valence-electron chi connectivity index (χ0n) is 11.1. The third kappa shape index (κ3) is 4.05. The number of rotatable bonds is 4. The molecule has 2 aromatic rings. The highest BCUT2D eigenvalue weighted by Gasteiger charge is 2.12. The number of hydrogen-bond donors (Lipinski definition) is 2. The van der Waals surface area contributed by atoms with Gasteiger partial charge in [-0.15, -0.1) is 0 Å². The van der Waals surface area contributed by atoms with Gasteiger partial charge in [0, 0.05) is 10.0 Å². The van der Waals surface area contributed by atoms with E-state index >= 15 is 0 Å². The summed E-state index contributed by atoms with van der Waals surface area (Å²) in [5.41, 5.74) is 1.08. The minimum atomic E-state index is -3.71. The van der Waals surface area contributed by atoms with Gasteiger partial charge in [0.05, 0.1) is 10.6 Å². The first kappa shape index (κ1) is 15.5. The van der Waals surface area contributed by atoms with Crippen molar-refractivity contribution in [2.75, 3.05) is 0 Å². The Bertz CT molecular complexity index is 771. The molecule has 0 spiro atoms. The summed E-state index contributed by atoms with van der Waals surface area (Å²) in [6, 6.07) is 12.7. The highest BCUT2D eigenvalue weighted by atomic mass is 79.9. The molecule has 0 saturated heterocycles. The van der Waals surface area contributed by atoms with Gasteiger partial charge in [-0.05, 0) is 43.3 Å². The molecular formula is C14H13BrN2O3S. The van der Waals surface area contributed by atoms with E-state index in [2.05, 4.69) is 25.9 Å². The number of nitrogens with zero attached hydrogens (tertiary/aromatic N) is 1. The summed E-state index contributed by atoms with van der Waals surface area (Å²) in [7, 11) is -3.71. The molecule has 2 rings (SSSR count). The fourth-order valence-corrected chi connectivity index (χ4v) is 2.71. The zero-order chi connectivity index (χ0) is 15.5. The Kier molecular flexibility index (Phi) is 4.64. The number of phenolic OH excluding ortho intramolecular Hbond substituents is 1. The Morgan fingerprint density at radius 2 is 1.86 bits per heavy atom. The SMILES string of the molecule is CC(=NNS(=O)(=O)c1ccc(Br)cc1)c1cccc(O)c1. The number of benzene rings is 2. The monoisotopic (exact) mass is 368 g/mol. The molecule has 0 radical (unpaired) electrons. The molecule has 0 bridgehead atoms. The van der Waals surface area contributed by atoms with E-state index < -0.39 is 10.0 Å². The van der Waals surface area contributed by atoms with E-state index in [1.54, 1.807) is 31.2 Å². The Morgan fingerprint density at radius 1 is 1.19 bits per heavy atom. The van der Waals surface area contributed by atoms with Crippen molar-refractivity contribution in [2.24, 2.45) is 5.10 Å². The van der Waals surface area contributed by atoms with Crippen LogP contribution in [0.2, 0.25) is 0 Å². The van der Waals surface area contributed by atoms with Gasteiger partial charge in [-0.2, -0.15) is 18.4 Å². The number of halogens is 1. The van der Waals surface area contributed by atoms with Crippen LogP contribution in [0.4, 0.5) is 0 Å². The molecule has 0 saturated carbocycles. The van der Waals surface area contributed by atoms with Gasteiger partial charge in [0.25, 0.3) is 10.0 Å². The van der Waals surface area contributed by atoms with Crippen molar-refractivity contribution < 1.29 is 13.5 Å². The van der Waals surface area contributed by atoms with E-state index in [4.69, 9.17) is 0 Å². The standard InChI is InChI=1S/C14H13BrN2O3S/c1-10(11-3-2-4-13(18)9-11)16-17-21(19,20)14-7-5-12(15)6-8-14/h2-9,17-18H,1H3. The second-order valence-electron chi connectivity index (χ2n) is 4.30. The normalized spacial score (nSPS) is 12.2. The quantitative estimate of drug-likeness (QED) is 0.643. The second kappa shape index (κ2) is 6.28. The Hall–Kier alpha value is -1.86. The minimum Gasteiger partial charge on any atom is -0.508 e. The van der Waals surface area contributed by atoms with Crippen LogP contribution < -0.4 is 4.83 Å². The van der Waals surface area contributed by atoms with E-state index in [-0.39, 0.29) is 10.6 Å². The minimum absolute atomic E-state index is 0.0952. The summed E-state index contributed by atoms with van der Waals surface area (Å²) in [5.74, 6) is 0.0952. The van der Waals surface area contributed by atoms with E-state index in [0.717, 1.165) is 4.47 Å². The van der Waals surface area contributed by atoms with Gasteiger partial charge in [-0.3, -0.25) is 0 Å². The number of hydrazone groups is 1. The molecule has 0 atom stereocenters. The molecule has 0 aliphatic rings. The first-order chi connectivity index (χ1) is 9.88. The molecule has 0 amide bonds. The van der Waals surface area contributed by atoms with Crippen molar-refractivity contribution in [2.45, 2.75) is 11.8 Å². The smallest absolute Gasteiger partial charge is 0.276 e. The number of nitrogens with one attached hydrogen (secondary N) is 1. The molecule has 0 unspecified atom stereocenters. The van der Waals surface area contributed by atoms with Crippen LogP contribution in [0, 0.1) is 0 Å². The van der Waals surface area contributed by atoms with Gasteiger partial charge in [0.2, 0.25) is 0 Å². The summed E-state index contributed by atoms with van der Waals surface area (Å²) in [6.45, 7) is 1.65. The molecule has 110 valence electrons. The number of hydrogen-bond acceptors (Lipinski definition) is 4. The van der Waals surface area contributed by atoms with Crippen molar-refractivity contribution in [1.29, 1.82) is 0 Å². The lowest BCUT2D eigenvalue weighted by molar-refractivity contribution is 0.475. The fraction of sp³-hybridized carbons (Fsp3) is 0.0714. The maximum Gasteiger partial charge on any atom is 0.276 e. The maximum absolute atomic E-state index is 12.1. The molecule has 21 heavy (non-hydrogen) atoms. The van der Waals surface area contributed by atoms with E-state index in [1.165, 1.54) is 24.3 Å². The van der Waals surface area contributed by atoms with Gasteiger partial charge in [-0.1, -0.05) is 28.1 Å². The topological polar surface area (TPSA) is 78.8 Å². The van der Waals surface area contributed by atoms with Crippen LogP contribution in [0.3, 0.4) is 0 Å². The van der Waals surface area contributed by atoms with E-state index in [0.29, 0.717) is 11.3 Å². The summed E-state index contributed by atoms with van der Waals surface area (Å²) in [6.07, 6.45) is 0. The predicted octanol–water partition coefficient (Wildman–Crippen LogP) is 2.86. The van der Waals surface area contributed by atoms with Crippen LogP contribution in [-0.4, -0.2) is 19.2 Å². The van der Waals surface area contributed by atoms with Crippen molar-refractivity contribution >= 4 is 31.7 Å². The molecule has 0 aliphatic heterocycles. The van der Waals surface area contributed by atoms with Crippen molar-refractivity contribution in [3.63, 3.8) is 0 Å². The van der Waals surface area contributed by atoms with Crippen LogP contribution in [0.1, 0.15) is 12.5 Å². The summed E-state index contributed by atoms with van der Waals surface area (Å²) in [4.78, 5) is 2.30. The molecule has 0 aromatic heterocycles. The lowest BCUT2D eigenvalue weighted by Gasteiger charge is -2.06. The Morgan fingerprint density at radius 3 is 2.48 bits per heavy atom. The third-order valence-corrected chi connectivity index (χ3v) is 4.47. The van der Waals surface area contributed by atoms with Crippen LogP contribution in [0.5, 0.6) is 5.75 Å². The van der Waals surface area contributed by atoms with Crippen molar-refractivity contribution in [1.82, 2.24) is 4.83 Å². The number of phenols is 1. The first-order valence-corrected chi connectivity index (χ1v) is 8.27. The molecule has 0 aliphatic carbocycles. The Labute approximate surface area is 131 Å². The second-order valence-corrected chi connectivity index (χ2v) is 6.87. The van der Waals surface area contributed by atoms with E-state index in [1.807, 2.05) is 0 Å². The first-order valence-electron chi connectivity index (χ1n) is 5.99. The van der Waals surface area contributed by atoms with Crippen LogP contribution in [0.25, 0.3) is 0 Å². The predicted molar refractivity (Wildman–Crippen MR) is 84.8 cm³/mol. The van der Waals surface area contributed by atoms with Gasteiger partial charge in [-0.25, -0.2) is 0 Å². The van der Waals surface area contributed by atoms with Crippen molar-refractivity contribution in [3.05, 3.63) is 58.6 Å². The highest BCUT2D eigenvalue weighted by molar-refractivity contribution is 9.10. The van der Waals surface area contributed by atoms with Gasteiger partial charge < -0.3 is 5.11 Å². The van der Waals surface area contributed by atoms with Crippen LogP contribution in [-0.2, 0) is 10.0 Å². The summed E-state index contributed by atoms with van der Waals surface area (Å²) in [5, 5.41) is 13.3. The largest absolute Gasteiger partial charge is 0.508 e. The van der Waals surface area contributed by atoms with Crippen LogP contribution >= 0.6 is 15.9 Å². The molecule has 0 heterocycles. The van der Waals surface area contributed by atoms with E-state index in [9.17, 15) is 13.5 Å². The highest BCUT2D eigenvalue weighted by Crippen LogP contribution is 2.15. The maximum atomic E-state index is 12.1. The van der Waals surface area contributed by atoms with Gasteiger partial charge in [0.15, 0.2) is 0 Å². The number of sulfonamides is 1. The molecule has 7 heteroatoms. The summed E-state index contributed by atoms with van der Waals surface area (Å²) < 4.78 is 24.9. The lowest BCUT2D eigenvalue weighted by Crippen LogP contribution is -2.19. The van der Waals surface area contributed by atoms with Crippen molar-refractivity contribution in [3.8, 4) is 5.75 Å². The molecule has 0 fully saturated rings. The van der Waals surface area contributed by atoms with Crippen LogP contribution in [0.15, 0.2) is 63.0 Å². The molecular weight excluding hydrogens is 356 g/mol. The average molecular weight is 369 g/mol. The fourth-order valence-electron chi connectivity index (χ4n) is 1.59. The Balaban J connectivity index is 2.21. The summed E-state index contributed by atoms with van der Waals surface area (Å²) >= 11 is 3.25. The number of aromatic hydroxyl groups is 1. The molecule has 2 N–H and O–H groups in total. The van der Waals surface area contributed by atoms with Gasteiger partial charge >= 0.3 is 0 Å². The average Bonchev–Trinajstić information content (AvgIpc) is 2.45.